The van der Waals surface area contributed by atoms with Gasteiger partial charge in [-0.1, -0.05) is 0 Å². The number of rotatable bonds is 8. The van der Waals surface area contributed by atoms with Crippen molar-refractivity contribution in [3.8, 4) is 16.3 Å². The molecule has 8 heteroatoms. The van der Waals surface area contributed by atoms with Gasteiger partial charge in [0.05, 0.1) is 11.5 Å². The zero-order chi connectivity index (χ0) is 17.4. The molecule has 3 N–H and O–H groups in total. The molecule has 2 aromatic rings. The van der Waals surface area contributed by atoms with Crippen LogP contribution in [-0.2, 0) is 16.1 Å². The summed E-state index contributed by atoms with van der Waals surface area (Å²) < 4.78 is 10.3. The van der Waals surface area contributed by atoms with Gasteiger partial charge in [0.2, 0.25) is 5.91 Å². The SMILES string of the molecule is CC(=O)NCCCOc1ccc(-c2ncc(COC(N)=O)s2)cc1. The third-order valence-electron chi connectivity index (χ3n) is 2.98. The molecule has 0 fully saturated rings. The molecule has 0 aliphatic heterocycles. The molecule has 2 amide bonds. The standard InChI is InChI=1S/C16H19N3O4S/c1-11(20)18-7-2-8-22-13-5-3-12(4-6-13)15-19-9-14(24-15)10-23-16(17)21/h3-6,9H,2,7-8,10H2,1H3,(H2,17,21)(H,18,20). The van der Waals surface area contributed by atoms with Crippen LogP contribution in [0.4, 0.5) is 4.79 Å². The molecule has 0 aliphatic rings. The first-order valence-electron chi connectivity index (χ1n) is 7.39. The Morgan fingerprint density at radius 3 is 2.71 bits per heavy atom. The van der Waals surface area contributed by atoms with E-state index in [0.29, 0.717) is 13.2 Å². The summed E-state index contributed by atoms with van der Waals surface area (Å²) in [7, 11) is 0. The second-order valence-corrected chi connectivity index (χ2v) is 6.06. The molecular formula is C16H19N3O4S. The zero-order valence-electron chi connectivity index (χ0n) is 13.3. The van der Waals surface area contributed by atoms with Crippen LogP contribution < -0.4 is 15.8 Å². The second kappa shape index (κ2) is 8.88. The van der Waals surface area contributed by atoms with Crippen molar-refractivity contribution in [3.05, 3.63) is 35.3 Å². The molecule has 0 aliphatic carbocycles. The average molecular weight is 349 g/mol. The Bertz CT molecular complexity index is 685. The average Bonchev–Trinajstić information content (AvgIpc) is 3.02. The highest BCUT2D eigenvalue weighted by atomic mass is 32.1. The molecule has 0 saturated carbocycles. The van der Waals surface area contributed by atoms with Crippen molar-refractivity contribution in [3.63, 3.8) is 0 Å². The zero-order valence-corrected chi connectivity index (χ0v) is 14.1. The molecule has 0 spiro atoms. The lowest BCUT2D eigenvalue weighted by molar-refractivity contribution is -0.118. The van der Waals surface area contributed by atoms with Gasteiger partial charge >= 0.3 is 6.09 Å². The number of benzene rings is 1. The van der Waals surface area contributed by atoms with E-state index >= 15 is 0 Å². The highest BCUT2D eigenvalue weighted by molar-refractivity contribution is 7.15. The van der Waals surface area contributed by atoms with E-state index in [2.05, 4.69) is 10.3 Å². The van der Waals surface area contributed by atoms with Crippen molar-refractivity contribution in [1.29, 1.82) is 0 Å². The van der Waals surface area contributed by atoms with Crippen molar-refractivity contribution in [2.75, 3.05) is 13.2 Å². The van der Waals surface area contributed by atoms with E-state index in [1.54, 1.807) is 6.20 Å². The third-order valence-corrected chi connectivity index (χ3v) is 4.00. The molecule has 0 bridgehead atoms. The number of carbonyl (C=O) groups is 2. The molecule has 0 unspecified atom stereocenters. The number of aromatic nitrogens is 1. The van der Waals surface area contributed by atoms with E-state index in [-0.39, 0.29) is 12.5 Å². The van der Waals surface area contributed by atoms with E-state index in [4.69, 9.17) is 15.2 Å². The summed E-state index contributed by atoms with van der Waals surface area (Å²) in [6.45, 7) is 2.75. The number of hydrogen-bond acceptors (Lipinski definition) is 6. The molecule has 1 aromatic carbocycles. The van der Waals surface area contributed by atoms with Gasteiger partial charge in [0.15, 0.2) is 0 Å². The Hall–Kier alpha value is -2.61. The van der Waals surface area contributed by atoms with Gasteiger partial charge in [-0.3, -0.25) is 4.79 Å². The lowest BCUT2D eigenvalue weighted by Crippen LogP contribution is -2.22. The predicted octanol–water partition coefficient (Wildman–Crippen LogP) is 2.31. The molecule has 2 rings (SSSR count). The first-order valence-corrected chi connectivity index (χ1v) is 8.21. The number of primary amides is 1. The highest BCUT2D eigenvalue weighted by Crippen LogP contribution is 2.27. The molecule has 1 heterocycles. The fourth-order valence-electron chi connectivity index (χ4n) is 1.87. The Labute approximate surface area is 143 Å². The second-order valence-electron chi connectivity index (χ2n) is 4.95. The third kappa shape index (κ3) is 5.88. The van der Waals surface area contributed by atoms with Crippen molar-refractivity contribution in [2.45, 2.75) is 20.0 Å². The molecule has 24 heavy (non-hydrogen) atoms. The quantitative estimate of drug-likeness (QED) is 0.712. The van der Waals surface area contributed by atoms with Crippen LogP contribution in [0.15, 0.2) is 30.5 Å². The van der Waals surface area contributed by atoms with Crippen LogP contribution in [0.2, 0.25) is 0 Å². The van der Waals surface area contributed by atoms with Crippen molar-refractivity contribution in [2.24, 2.45) is 5.73 Å². The summed E-state index contributed by atoms with van der Waals surface area (Å²) in [5.74, 6) is 0.721. The van der Waals surface area contributed by atoms with Crippen molar-refractivity contribution in [1.82, 2.24) is 10.3 Å². The minimum Gasteiger partial charge on any atom is -0.494 e. The number of thiazole rings is 1. The maximum absolute atomic E-state index is 10.7. The van der Waals surface area contributed by atoms with Gasteiger partial charge in [-0.25, -0.2) is 9.78 Å². The molecule has 0 saturated heterocycles. The summed E-state index contributed by atoms with van der Waals surface area (Å²) in [6, 6.07) is 7.57. The van der Waals surface area contributed by atoms with E-state index < -0.39 is 6.09 Å². The predicted molar refractivity (Wildman–Crippen MR) is 90.7 cm³/mol. The number of nitrogens with zero attached hydrogens (tertiary/aromatic N) is 1. The number of carbonyl (C=O) groups excluding carboxylic acids is 2. The molecule has 0 radical (unpaired) electrons. The smallest absolute Gasteiger partial charge is 0.404 e. The van der Waals surface area contributed by atoms with Crippen LogP contribution in [0.5, 0.6) is 5.75 Å². The lowest BCUT2D eigenvalue weighted by Gasteiger charge is -2.07. The van der Waals surface area contributed by atoms with Gasteiger partial charge in [-0.05, 0) is 30.7 Å². The van der Waals surface area contributed by atoms with Gasteiger partial charge < -0.3 is 20.5 Å². The normalized spacial score (nSPS) is 10.2. The Kier molecular flexibility index (Phi) is 6.56. The number of amides is 2. The van der Waals surface area contributed by atoms with Crippen LogP contribution in [0.1, 0.15) is 18.2 Å². The minimum absolute atomic E-state index is 0.0385. The first kappa shape index (κ1) is 17.7. The molecule has 7 nitrogen and oxygen atoms in total. The van der Waals surface area contributed by atoms with E-state index in [1.807, 2.05) is 24.3 Å². The minimum atomic E-state index is -0.801. The van der Waals surface area contributed by atoms with Crippen molar-refractivity contribution < 1.29 is 19.1 Å². The number of nitrogens with one attached hydrogen (secondary N) is 1. The maximum atomic E-state index is 10.7. The molecule has 128 valence electrons. The summed E-state index contributed by atoms with van der Waals surface area (Å²) in [4.78, 5) is 26.5. The lowest BCUT2D eigenvalue weighted by atomic mass is 10.2. The van der Waals surface area contributed by atoms with Crippen molar-refractivity contribution >= 4 is 23.3 Å². The van der Waals surface area contributed by atoms with Gasteiger partial charge in [0, 0.05) is 25.2 Å². The van der Waals surface area contributed by atoms with E-state index in [9.17, 15) is 9.59 Å². The monoisotopic (exact) mass is 349 g/mol. The summed E-state index contributed by atoms with van der Waals surface area (Å²) in [5.41, 5.74) is 5.89. The molecule has 0 atom stereocenters. The maximum Gasteiger partial charge on any atom is 0.404 e. The largest absolute Gasteiger partial charge is 0.494 e. The number of nitrogens with two attached hydrogens (primary N) is 1. The van der Waals surface area contributed by atoms with Crippen LogP contribution >= 0.6 is 11.3 Å². The fraction of sp³-hybridized carbons (Fsp3) is 0.312. The topological polar surface area (TPSA) is 104 Å². The van der Waals surface area contributed by atoms with Gasteiger partial charge in [-0.2, -0.15) is 0 Å². The summed E-state index contributed by atoms with van der Waals surface area (Å²) >= 11 is 1.44. The number of ether oxygens (including phenoxy) is 2. The first-order chi connectivity index (χ1) is 11.5. The molecule has 1 aromatic heterocycles. The Morgan fingerprint density at radius 1 is 1.29 bits per heavy atom. The van der Waals surface area contributed by atoms with Gasteiger partial charge in [-0.15, -0.1) is 11.3 Å². The summed E-state index contributed by atoms with van der Waals surface area (Å²) in [5, 5.41) is 3.55. The number of hydrogen-bond donors (Lipinski definition) is 2. The fourth-order valence-corrected chi connectivity index (χ4v) is 2.70. The van der Waals surface area contributed by atoms with Gasteiger partial charge in [0.25, 0.3) is 0 Å². The van der Waals surface area contributed by atoms with E-state index in [0.717, 1.165) is 27.6 Å². The molecular weight excluding hydrogens is 330 g/mol. The Balaban J connectivity index is 1.83. The van der Waals surface area contributed by atoms with E-state index in [1.165, 1.54) is 18.3 Å². The summed E-state index contributed by atoms with van der Waals surface area (Å²) in [6.07, 6.45) is 1.61. The van der Waals surface area contributed by atoms with Crippen LogP contribution in [-0.4, -0.2) is 30.1 Å². The van der Waals surface area contributed by atoms with Gasteiger partial charge in [0.1, 0.15) is 17.4 Å². The Morgan fingerprint density at radius 2 is 2.04 bits per heavy atom. The van der Waals surface area contributed by atoms with Crippen LogP contribution in [0.25, 0.3) is 10.6 Å². The van der Waals surface area contributed by atoms with Crippen LogP contribution in [0.3, 0.4) is 0 Å². The highest BCUT2D eigenvalue weighted by Gasteiger charge is 2.06. The van der Waals surface area contributed by atoms with Crippen LogP contribution in [0, 0.1) is 0 Å².